The van der Waals surface area contributed by atoms with Crippen LogP contribution < -0.4 is 16.0 Å². The van der Waals surface area contributed by atoms with Crippen LogP contribution in [0.2, 0.25) is 5.02 Å². The minimum absolute atomic E-state index is 0.0986. The highest BCUT2D eigenvalue weighted by atomic mass is 35.5. The summed E-state index contributed by atoms with van der Waals surface area (Å²) in [4.78, 5) is 47.6. The van der Waals surface area contributed by atoms with Crippen molar-refractivity contribution in [2.24, 2.45) is 10.8 Å². The van der Waals surface area contributed by atoms with Crippen molar-refractivity contribution >= 4 is 40.4 Å². The molecule has 3 amide bonds. The van der Waals surface area contributed by atoms with E-state index in [1.807, 2.05) is 20.8 Å². The standard InChI is InChI=1S/C35H41ClF3N5O4/c1-4-40-29(45)27(33(3)12-7-13-33)44-30(46)34(16-17-48-19-34)20-10-11-23-24(18-20)42-28(41-23)26(43-31(47)35(37,38)39)25(32(2)14-15-32)21-8-5-6-9-22(21)36/h5-6,8-11,18,25-27H,4,7,12-17,19H2,1-3H3,(H,40,45)(H,41,42)(H,43,47)(H,44,46)/t25-,26-,27-,34?/m0/s1. The number of carbonyl (C=O) groups is 3. The summed E-state index contributed by atoms with van der Waals surface area (Å²) in [7, 11) is 0. The van der Waals surface area contributed by atoms with E-state index in [1.54, 1.807) is 42.5 Å². The van der Waals surface area contributed by atoms with E-state index in [0.29, 0.717) is 46.8 Å². The average Bonchev–Trinajstić information content (AvgIpc) is 3.40. The molecule has 48 heavy (non-hydrogen) atoms. The molecule has 1 unspecified atom stereocenters. The smallest absolute Gasteiger partial charge is 0.380 e. The summed E-state index contributed by atoms with van der Waals surface area (Å²) in [6.07, 6.45) is -0.641. The molecule has 2 aliphatic carbocycles. The van der Waals surface area contributed by atoms with Gasteiger partial charge in [0.15, 0.2) is 0 Å². The Hall–Kier alpha value is -3.64. The van der Waals surface area contributed by atoms with Crippen LogP contribution in [-0.4, -0.2) is 59.7 Å². The van der Waals surface area contributed by atoms with Gasteiger partial charge >= 0.3 is 12.1 Å². The quantitative estimate of drug-likeness (QED) is 0.197. The predicted octanol–water partition coefficient (Wildman–Crippen LogP) is 5.99. The summed E-state index contributed by atoms with van der Waals surface area (Å²) in [6, 6.07) is 10.3. The van der Waals surface area contributed by atoms with E-state index in [9.17, 15) is 27.6 Å². The van der Waals surface area contributed by atoms with Gasteiger partial charge in [-0.3, -0.25) is 14.4 Å². The second kappa shape index (κ2) is 12.7. The van der Waals surface area contributed by atoms with Gasteiger partial charge in [0.05, 0.1) is 29.1 Å². The summed E-state index contributed by atoms with van der Waals surface area (Å²) in [5.74, 6) is -3.08. The van der Waals surface area contributed by atoms with Crippen molar-refractivity contribution in [3.63, 3.8) is 0 Å². The molecule has 13 heteroatoms. The zero-order chi connectivity index (χ0) is 34.5. The van der Waals surface area contributed by atoms with Gasteiger partial charge in [-0.1, -0.05) is 56.1 Å². The zero-order valence-corrected chi connectivity index (χ0v) is 28.0. The zero-order valence-electron chi connectivity index (χ0n) is 27.2. The largest absolute Gasteiger partial charge is 0.471 e. The van der Waals surface area contributed by atoms with Crippen LogP contribution in [0.4, 0.5) is 13.2 Å². The minimum atomic E-state index is -5.11. The SMILES string of the molecule is CCNC(=O)[C@H](NC(=O)C1(c2ccc3nc([C@@H](NC(=O)C(F)(F)F)[C@H](c4ccccc4Cl)C4(C)CC4)[nH]c3c2)CCOC1)C1(C)CCC1. The third-order valence-electron chi connectivity index (χ3n) is 10.8. The van der Waals surface area contributed by atoms with Crippen LogP contribution in [0.15, 0.2) is 42.5 Å². The minimum Gasteiger partial charge on any atom is -0.380 e. The molecule has 0 radical (unpaired) electrons. The van der Waals surface area contributed by atoms with Crippen LogP contribution in [0.1, 0.15) is 88.2 Å². The molecular weight excluding hydrogens is 647 g/mol. The highest BCUT2D eigenvalue weighted by Gasteiger charge is 2.53. The first-order valence-corrected chi connectivity index (χ1v) is 16.9. The fourth-order valence-electron chi connectivity index (χ4n) is 7.43. The maximum Gasteiger partial charge on any atom is 0.471 e. The predicted molar refractivity (Wildman–Crippen MR) is 174 cm³/mol. The number of fused-ring (bicyclic) bond motifs is 1. The number of likely N-dealkylation sites (N-methyl/N-ethyl adjacent to an activating group) is 1. The third-order valence-corrected chi connectivity index (χ3v) is 11.1. The molecule has 4 N–H and O–H groups in total. The van der Waals surface area contributed by atoms with Crippen molar-refractivity contribution in [1.82, 2.24) is 25.9 Å². The summed E-state index contributed by atoms with van der Waals surface area (Å²) < 4.78 is 46.8. The number of benzene rings is 2. The molecule has 6 rings (SSSR count). The van der Waals surface area contributed by atoms with Crippen molar-refractivity contribution in [2.45, 2.75) is 88.9 Å². The molecule has 9 nitrogen and oxygen atoms in total. The third kappa shape index (κ3) is 6.29. The van der Waals surface area contributed by atoms with E-state index in [1.165, 1.54) is 0 Å². The lowest BCUT2D eigenvalue weighted by Crippen LogP contribution is -2.61. The topological polar surface area (TPSA) is 125 Å². The van der Waals surface area contributed by atoms with Crippen LogP contribution in [0, 0.1) is 10.8 Å². The second-order valence-corrected chi connectivity index (χ2v) is 14.6. The van der Waals surface area contributed by atoms with Crippen molar-refractivity contribution in [1.29, 1.82) is 0 Å². The maximum atomic E-state index is 14.2. The van der Waals surface area contributed by atoms with E-state index < -0.39 is 40.9 Å². The first-order chi connectivity index (χ1) is 22.7. The molecule has 1 saturated heterocycles. The monoisotopic (exact) mass is 687 g/mol. The molecule has 1 aromatic heterocycles. The van der Waals surface area contributed by atoms with E-state index >= 15 is 0 Å². The number of halogens is 4. The second-order valence-electron chi connectivity index (χ2n) is 14.1. The van der Waals surface area contributed by atoms with Gasteiger partial charge in [-0.15, -0.1) is 0 Å². The number of amides is 3. The van der Waals surface area contributed by atoms with Gasteiger partial charge in [0, 0.05) is 24.1 Å². The number of nitrogens with one attached hydrogen (secondary N) is 4. The van der Waals surface area contributed by atoms with Crippen molar-refractivity contribution < 1.29 is 32.3 Å². The van der Waals surface area contributed by atoms with Gasteiger partial charge in [-0.05, 0) is 79.2 Å². The Balaban J connectivity index is 1.38. The van der Waals surface area contributed by atoms with Gasteiger partial charge in [0.2, 0.25) is 11.8 Å². The molecule has 2 heterocycles. The summed E-state index contributed by atoms with van der Waals surface area (Å²) >= 11 is 6.60. The number of aromatic nitrogens is 2. The number of nitrogens with zero attached hydrogens (tertiary/aromatic N) is 1. The number of hydrogen-bond acceptors (Lipinski definition) is 5. The Bertz CT molecular complexity index is 1710. The van der Waals surface area contributed by atoms with Gasteiger partial charge in [0.25, 0.3) is 0 Å². The van der Waals surface area contributed by atoms with Crippen LogP contribution in [0.5, 0.6) is 0 Å². The van der Waals surface area contributed by atoms with E-state index in [-0.39, 0.29) is 29.7 Å². The summed E-state index contributed by atoms with van der Waals surface area (Å²) in [6.45, 7) is 6.69. The lowest BCUT2D eigenvalue weighted by molar-refractivity contribution is -0.174. The van der Waals surface area contributed by atoms with Crippen LogP contribution in [0.25, 0.3) is 11.0 Å². The van der Waals surface area contributed by atoms with Gasteiger partial charge in [0.1, 0.15) is 11.9 Å². The molecule has 2 aromatic carbocycles. The molecule has 4 atom stereocenters. The summed E-state index contributed by atoms with van der Waals surface area (Å²) in [5.41, 5.74) is 0.294. The number of hydrogen-bond donors (Lipinski definition) is 4. The first kappa shape index (κ1) is 34.2. The van der Waals surface area contributed by atoms with Crippen LogP contribution in [0.3, 0.4) is 0 Å². The number of alkyl halides is 3. The first-order valence-electron chi connectivity index (χ1n) is 16.5. The number of ether oxygens (including phenoxy) is 1. The number of rotatable bonds is 11. The maximum absolute atomic E-state index is 14.2. The fraction of sp³-hybridized carbons (Fsp3) is 0.543. The summed E-state index contributed by atoms with van der Waals surface area (Å²) in [5, 5.41) is 8.55. The van der Waals surface area contributed by atoms with Crippen molar-refractivity contribution in [2.75, 3.05) is 19.8 Å². The van der Waals surface area contributed by atoms with Gasteiger partial charge in [-0.2, -0.15) is 13.2 Å². The normalized spacial score (nSPS) is 23.1. The van der Waals surface area contributed by atoms with E-state index in [0.717, 1.165) is 32.1 Å². The molecule has 0 spiro atoms. The molecule has 3 aromatic rings. The Labute approximate surface area is 282 Å². The molecule has 2 saturated carbocycles. The highest BCUT2D eigenvalue weighted by molar-refractivity contribution is 6.31. The van der Waals surface area contributed by atoms with Gasteiger partial charge in [-0.25, -0.2) is 4.98 Å². The Morgan fingerprint density at radius 2 is 1.75 bits per heavy atom. The van der Waals surface area contributed by atoms with Gasteiger partial charge < -0.3 is 25.7 Å². The molecule has 3 fully saturated rings. The molecule has 1 aliphatic heterocycles. The lowest BCUT2D eigenvalue weighted by atomic mass is 9.65. The Kier molecular flexibility index (Phi) is 9.04. The highest BCUT2D eigenvalue weighted by Crippen LogP contribution is 2.60. The Morgan fingerprint density at radius 3 is 2.33 bits per heavy atom. The van der Waals surface area contributed by atoms with E-state index in [2.05, 4.69) is 25.9 Å². The molecule has 3 aliphatic rings. The van der Waals surface area contributed by atoms with Crippen molar-refractivity contribution in [3.8, 4) is 0 Å². The van der Waals surface area contributed by atoms with Crippen molar-refractivity contribution in [3.05, 3.63) is 64.4 Å². The fourth-order valence-corrected chi connectivity index (χ4v) is 7.68. The average molecular weight is 688 g/mol. The molecular formula is C35H41ClF3N5O4. The van der Waals surface area contributed by atoms with Crippen LogP contribution >= 0.6 is 11.6 Å². The number of imidazole rings is 1. The van der Waals surface area contributed by atoms with Crippen LogP contribution in [-0.2, 0) is 24.5 Å². The number of H-pyrrole nitrogens is 1. The lowest BCUT2D eigenvalue weighted by Gasteiger charge is -2.45. The Morgan fingerprint density at radius 1 is 1.02 bits per heavy atom. The molecule has 258 valence electrons. The molecule has 0 bridgehead atoms. The van der Waals surface area contributed by atoms with E-state index in [4.69, 9.17) is 16.3 Å². The number of aromatic amines is 1. The number of carbonyl (C=O) groups excluding carboxylic acids is 3.